The monoisotopic (exact) mass is 276 g/mol. The Morgan fingerprint density at radius 3 is 2.65 bits per heavy atom. The number of hydrogen-bond acceptors (Lipinski definition) is 2. The number of hydrogen-bond donors (Lipinski definition) is 2. The molecule has 4 heteroatoms. The Labute approximate surface area is 123 Å². The highest BCUT2D eigenvalue weighted by Crippen LogP contribution is 2.13. The van der Waals surface area contributed by atoms with E-state index in [1.165, 1.54) is 24.1 Å². The molecule has 112 valence electrons. The van der Waals surface area contributed by atoms with Crippen molar-refractivity contribution in [1.29, 1.82) is 0 Å². The van der Waals surface area contributed by atoms with Gasteiger partial charge in [-0.1, -0.05) is 25.5 Å². The van der Waals surface area contributed by atoms with Crippen molar-refractivity contribution in [3.8, 4) is 0 Å². The van der Waals surface area contributed by atoms with Crippen molar-refractivity contribution in [3.05, 3.63) is 29.8 Å². The molecule has 0 saturated heterocycles. The minimum absolute atomic E-state index is 0.698. The molecule has 4 nitrogen and oxygen atoms in total. The number of rotatable bonds is 7. The summed E-state index contributed by atoms with van der Waals surface area (Å²) in [6, 6.07) is 8.49. The summed E-state index contributed by atoms with van der Waals surface area (Å²) in [5.74, 6) is 0.899. The number of unbranched alkanes of at least 4 members (excludes halogenated alkanes) is 1. The smallest absolute Gasteiger partial charge is 0.191 e. The number of nitrogens with one attached hydrogen (secondary N) is 2. The minimum atomic E-state index is 0.698. The second-order valence-corrected chi connectivity index (χ2v) is 5.04. The Morgan fingerprint density at radius 2 is 2.00 bits per heavy atom. The maximum absolute atomic E-state index is 4.63. The fourth-order valence-corrected chi connectivity index (χ4v) is 1.83. The maximum atomic E-state index is 4.63. The van der Waals surface area contributed by atoms with Crippen LogP contribution in [0.1, 0.15) is 32.3 Å². The molecule has 1 aromatic rings. The van der Waals surface area contributed by atoms with Crippen LogP contribution >= 0.6 is 0 Å². The van der Waals surface area contributed by atoms with Crippen LogP contribution in [0.25, 0.3) is 0 Å². The van der Waals surface area contributed by atoms with Crippen LogP contribution in [0.15, 0.2) is 29.3 Å². The first-order valence-electron chi connectivity index (χ1n) is 7.45. The lowest BCUT2D eigenvalue weighted by molar-refractivity contribution is 0.730. The molecule has 0 bridgehead atoms. The van der Waals surface area contributed by atoms with E-state index in [1.54, 1.807) is 0 Å². The third-order valence-electron chi connectivity index (χ3n) is 3.01. The molecule has 0 aliphatic rings. The Hall–Kier alpha value is -1.71. The second kappa shape index (κ2) is 9.23. The summed E-state index contributed by atoms with van der Waals surface area (Å²) >= 11 is 0. The van der Waals surface area contributed by atoms with Gasteiger partial charge in [-0.3, -0.25) is 0 Å². The molecular formula is C16H28N4. The van der Waals surface area contributed by atoms with E-state index in [0.717, 1.165) is 19.0 Å². The first kappa shape index (κ1) is 16.3. The Kier molecular flexibility index (Phi) is 7.55. The van der Waals surface area contributed by atoms with Crippen molar-refractivity contribution in [2.75, 3.05) is 32.1 Å². The van der Waals surface area contributed by atoms with Crippen LogP contribution in [-0.2, 0) is 6.54 Å². The average molecular weight is 276 g/mol. The van der Waals surface area contributed by atoms with Gasteiger partial charge in [-0.25, -0.2) is 4.99 Å². The zero-order valence-electron chi connectivity index (χ0n) is 13.2. The van der Waals surface area contributed by atoms with Gasteiger partial charge in [0.15, 0.2) is 5.96 Å². The SMILES string of the molecule is CCCCNC(=NCc1cccc(N(C)C)c1)NCC. The molecule has 0 radical (unpaired) electrons. The highest BCUT2D eigenvalue weighted by Gasteiger charge is 1.99. The van der Waals surface area contributed by atoms with Crippen LogP contribution in [-0.4, -0.2) is 33.1 Å². The number of benzene rings is 1. The molecule has 0 saturated carbocycles. The first-order valence-corrected chi connectivity index (χ1v) is 7.45. The van der Waals surface area contributed by atoms with Crippen molar-refractivity contribution < 1.29 is 0 Å². The third-order valence-corrected chi connectivity index (χ3v) is 3.01. The van der Waals surface area contributed by atoms with Gasteiger partial charge in [0, 0.05) is 32.9 Å². The van der Waals surface area contributed by atoms with E-state index < -0.39 is 0 Å². The Morgan fingerprint density at radius 1 is 1.20 bits per heavy atom. The van der Waals surface area contributed by atoms with Gasteiger partial charge in [0.05, 0.1) is 6.54 Å². The molecule has 0 aromatic heterocycles. The summed E-state index contributed by atoms with van der Waals surface area (Å²) in [6.45, 7) is 6.83. The number of guanidine groups is 1. The predicted molar refractivity (Wildman–Crippen MR) is 88.5 cm³/mol. The Balaban J connectivity index is 2.63. The largest absolute Gasteiger partial charge is 0.378 e. The van der Waals surface area contributed by atoms with E-state index in [0.29, 0.717) is 6.54 Å². The van der Waals surface area contributed by atoms with E-state index in [-0.39, 0.29) is 0 Å². The van der Waals surface area contributed by atoms with Crippen LogP contribution in [0.2, 0.25) is 0 Å². The van der Waals surface area contributed by atoms with Crippen molar-refractivity contribution in [3.63, 3.8) is 0 Å². The Bertz CT molecular complexity index is 413. The standard InChI is InChI=1S/C16H28N4/c1-5-7-11-18-16(17-6-2)19-13-14-9-8-10-15(12-14)20(3)4/h8-10,12H,5-7,11,13H2,1-4H3,(H2,17,18,19). The lowest BCUT2D eigenvalue weighted by Crippen LogP contribution is -2.37. The van der Waals surface area contributed by atoms with Gasteiger partial charge in [-0.15, -0.1) is 0 Å². The lowest BCUT2D eigenvalue weighted by Gasteiger charge is -2.14. The molecule has 0 atom stereocenters. The van der Waals surface area contributed by atoms with Crippen LogP contribution in [0.5, 0.6) is 0 Å². The molecule has 2 N–H and O–H groups in total. The first-order chi connectivity index (χ1) is 9.67. The molecule has 0 heterocycles. The topological polar surface area (TPSA) is 39.7 Å². The van der Waals surface area contributed by atoms with Crippen LogP contribution < -0.4 is 15.5 Å². The molecule has 0 spiro atoms. The minimum Gasteiger partial charge on any atom is -0.378 e. The van der Waals surface area contributed by atoms with E-state index in [9.17, 15) is 0 Å². The van der Waals surface area contributed by atoms with Crippen LogP contribution in [0, 0.1) is 0 Å². The summed E-state index contributed by atoms with van der Waals surface area (Å²) in [5.41, 5.74) is 2.44. The van der Waals surface area contributed by atoms with Crippen molar-refractivity contribution >= 4 is 11.6 Å². The summed E-state index contributed by atoms with van der Waals surface area (Å²) in [7, 11) is 4.11. The fraction of sp³-hybridized carbons (Fsp3) is 0.562. The van der Waals surface area contributed by atoms with Crippen molar-refractivity contribution in [2.24, 2.45) is 4.99 Å². The number of nitrogens with zero attached hydrogens (tertiary/aromatic N) is 2. The summed E-state index contributed by atoms with van der Waals surface area (Å²) < 4.78 is 0. The van der Waals surface area contributed by atoms with Gasteiger partial charge in [0.1, 0.15) is 0 Å². The molecule has 0 aliphatic carbocycles. The van der Waals surface area contributed by atoms with Gasteiger partial charge in [-0.2, -0.15) is 0 Å². The van der Waals surface area contributed by atoms with Crippen LogP contribution in [0.3, 0.4) is 0 Å². The van der Waals surface area contributed by atoms with E-state index in [2.05, 4.69) is 72.7 Å². The van der Waals surface area contributed by atoms with Gasteiger partial charge in [0.25, 0.3) is 0 Å². The molecule has 0 unspecified atom stereocenters. The molecule has 0 fully saturated rings. The average Bonchev–Trinajstić information content (AvgIpc) is 2.45. The zero-order valence-corrected chi connectivity index (χ0v) is 13.2. The van der Waals surface area contributed by atoms with Gasteiger partial charge >= 0.3 is 0 Å². The van der Waals surface area contributed by atoms with Gasteiger partial charge in [-0.05, 0) is 31.0 Å². The quantitative estimate of drug-likeness (QED) is 0.457. The molecule has 1 rings (SSSR count). The molecule has 0 aliphatic heterocycles. The summed E-state index contributed by atoms with van der Waals surface area (Å²) in [6.07, 6.45) is 2.36. The molecular weight excluding hydrogens is 248 g/mol. The number of aliphatic imine (C=N–C) groups is 1. The fourth-order valence-electron chi connectivity index (χ4n) is 1.83. The van der Waals surface area contributed by atoms with Crippen molar-refractivity contribution in [2.45, 2.75) is 33.2 Å². The van der Waals surface area contributed by atoms with E-state index in [4.69, 9.17) is 0 Å². The summed E-state index contributed by atoms with van der Waals surface area (Å²) in [4.78, 5) is 6.74. The normalized spacial score (nSPS) is 11.3. The molecule has 0 amide bonds. The van der Waals surface area contributed by atoms with E-state index >= 15 is 0 Å². The highest BCUT2D eigenvalue weighted by molar-refractivity contribution is 5.79. The number of anilines is 1. The third kappa shape index (κ3) is 5.95. The molecule has 1 aromatic carbocycles. The second-order valence-electron chi connectivity index (χ2n) is 5.04. The molecule has 20 heavy (non-hydrogen) atoms. The van der Waals surface area contributed by atoms with Crippen LogP contribution in [0.4, 0.5) is 5.69 Å². The highest BCUT2D eigenvalue weighted by atomic mass is 15.2. The zero-order chi connectivity index (χ0) is 14.8. The van der Waals surface area contributed by atoms with Crippen molar-refractivity contribution in [1.82, 2.24) is 10.6 Å². The van der Waals surface area contributed by atoms with Gasteiger partial charge in [0.2, 0.25) is 0 Å². The predicted octanol–water partition coefficient (Wildman–Crippen LogP) is 2.61. The summed E-state index contributed by atoms with van der Waals surface area (Å²) in [5, 5.41) is 6.64. The van der Waals surface area contributed by atoms with E-state index in [1.807, 2.05) is 0 Å². The van der Waals surface area contributed by atoms with Gasteiger partial charge < -0.3 is 15.5 Å². The maximum Gasteiger partial charge on any atom is 0.191 e. The lowest BCUT2D eigenvalue weighted by atomic mass is 10.2.